The SMILES string of the molecule is CCCCCCCCCCCCCCCCN[C@@H]1O[C@H](CO)[C@@H](O)[C@H](O)[C@@H]1NC(=O)OCc1ccccc1. The van der Waals surface area contributed by atoms with Gasteiger partial charge in [-0.2, -0.15) is 0 Å². The lowest BCUT2D eigenvalue weighted by molar-refractivity contribution is -0.200. The Balaban J connectivity index is 1.61. The smallest absolute Gasteiger partial charge is 0.407 e. The highest BCUT2D eigenvalue weighted by molar-refractivity contribution is 5.67. The molecule has 5 N–H and O–H groups in total. The van der Waals surface area contributed by atoms with E-state index in [-0.39, 0.29) is 6.61 Å². The Morgan fingerprint density at radius 1 is 0.842 bits per heavy atom. The number of benzene rings is 1. The number of aliphatic hydroxyl groups is 3. The van der Waals surface area contributed by atoms with Crippen molar-refractivity contribution in [1.82, 2.24) is 10.6 Å². The zero-order valence-electron chi connectivity index (χ0n) is 23.4. The van der Waals surface area contributed by atoms with Crippen LogP contribution in [0, 0.1) is 0 Å². The maximum absolute atomic E-state index is 12.4. The van der Waals surface area contributed by atoms with Gasteiger partial charge in [0.05, 0.1) is 6.61 Å². The van der Waals surface area contributed by atoms with Gasteiger partial charge < -0.3 is 30.1 Å². The van der Waals surface area contributed by atoms with Crippen LogP contribution >= 0.6 is 0 Å². The number of alkyl carbamates (subject to hydrolysis) is 1. The summed E-state index contributed by atoms with van der Waals surface area (Å²) in [5, 5.41) is 36.3. The molecule has 1 aliphatic rings. The normalized spacial score (nSPS) is 23.3. The molecule has 8 heteroatoms. The number of nitrogens with one attached hydrogen (secondary N) is 2. The molecule has 1 aromatic carbocycles. The summed E-state index contributed by atoms with van der Waals surface area (Å²) in [4.78, 5) is 12.4. The van der Waals surface area contributed by atoms with Crippen molar-refractivity contribution in [1.29, 1.82) is 0 Å². The van der Waals surface area contributed by atoms with E-state index in [1.165, 1.54) is 77.0 Å². The van der Waals surface area contributed by atoms with E-state index in [0.717, 1.165) is 18.4 Å². The van der Waals surface area contributed by atoms with E-state index < -0.39 is 43.3 Å². The Bertz CT molecular complexity index is 722. The second kappa shape index (κ2) is 20.2. The maximum Gasteiger partial charge on any atom is 0.407 e. The molecule has 218 valence electrons. The molecule has 2 rings (SSSR count). The Labute approximate surface area is 229 Å². The van der Waals surface area contributed by atoms with Crippen molar-refractivity contribution in [2.45, 2.75) is 134 Å². The van der Waals surface area contributed by atoms with Crippen LogP contribution < -0.4 is 10.6 Å². The largest absolute Gasteiger partial charge is 0.445 e. The molecule has 0 bridgehead atoms. The molecule has 0 saturated carbocycles. The number of unbranched alkanes of at least 4 members (excludes halogenated alkanes) is 13. The summed E-state index contributed by atoms with van der Waals surface area (Å²) in [5.74, 6) is 0. The third kappa shape index (κ3) is 12.9. The van der Waals surface area contributed by atoms with Crippen molar-refractivity contribution in [2.24, 2.45) is 0 Å². The standard InChI is InChI=1S/C30H52N2O6/c1-2-3-4-5-6-7-8-9-10-11-12-13-14-18-21-31-29-26(28(35)27(34)25(22-33)38-29)32-30(36)37-23-24-19-16-15-17-20-24/h15-17,19-20,25-29,31,33-35H,2-14,18,21-23H2,1H3,(H,32,36)/t25-,26+,27-,28-,29-/m1/s1. The van der Waals surface area contributed by atoms with Crippen LogP contribution in [-0.4, -0.2) is 65.1 Å². The molecule has 1 fully saturated rings. The Hall–Kier alpha value is -1.71. The number of aliphatic hydroxyl groups excluding tert-OH is 3. The number of ether oxygens (including phenoxy) is 2. The number of rotatable bonds is 20. The zero-order chi connectivity index (χ0) is 27.4. The quantitative estimate of drug-likeness (QED) is 0.152. The fraction of sp³-hybridized carbons (Fsp3) is 0.767. The number of carbonyl (C=O) groups is 1. The van der Waals surface area contributed by atoms with E-state index in [0.29, 0.717) is 6.54 Å². The van der Waals surface area contributed by atoms with E-state index in [1.807, 2.05) is 30.3 Å². The molecular formula is C30H52N2O6. The molecule has 1 aromatic rings. The van der Waals surface area contributed by atoms with Gasteiger partial charge in [-0.25, -0.2) is 4.79 Å². The van der Waals surface area contributed by atoms with Crippen LogP contribution in [-0.2, 0) is 16.1 Å². The molecule has 1 saturated heterocycles. The van der Waals surface area contributed by atoms with Gasteiger partial charge in [-0.3, -0.25) is 5.32 Å². The van der Waals surface area contributed by atoms with Gasteiger partial charge in [-0.1, -0.05) is 121 Å². The lowest BCUT2D eigenvalue weighted by Crippen LogP contribution is -2.67. The lowest BCUT2D eigenvalue weighted by Gasteiger charge is -2.42. The second-order valence-electron chi connectivity index (χ2n) is 10.5. The number of carbonyl (C=O) groups excluding carboxylic acids is 1. The summed E-state index contributed by atoms with van der Waals surface area (Å²) in [6.45, 7) is 2.56. The Kier molecular flexibility index (Phi) is 17.3. The number of amides is 1. The molecule has 0 unspecified atom stereocenters. The maximum atomic E-state index is 12.4. The first kappa shape index (κ1) is 32.5. The lowest BCUT2D eigenvalue weighted by atomic mass is 9.96. The third-order valence-corrected chi connectivity index (χ3v) is 7.30. The molecular weight excluding hydrogens is 484 g/mol. The molecule has 0 spiro atoms. The first-order valence-electron chi connectivity index (χ1n) is 14.9. The third-order valence-electron chi connectivity index (χ3n) is 7.30. The molecule has 0 radical (unpaired) electrons. The fourth-order valence-corrected chi connectivity index (χ4v) is 4.92. The molecule has 1 aliphatic heterocycles. The van der Waals surface area contributed by atoms with Crippen molar-refractivity contribution in [3.8, 4) is 0 Å². The van der Waals surface area contributed by atoms with Crippen LogP contribution in [0.2, 0.25) is 0 Å². The van der Waals surface area contributed by atoms with Crippen LogP contribution in [0.3, 0.4) is 0 Å². The van der Waals surface area contributed by atoms with E-state index in [2.05, 4.69) is 17.6 Å². The van der Waals surface area contributed by atoms with Crippen LogP contribution in [0.4, 0.5) is 4.79 Å². The van der Waals surface area contributed by atoms with Crippen LogP contribution in [0.25, 0.3) is 0 Å². The molecule has 0 aromatic heterocycles. The topological polar surface area (TPSA) is 120 Å². The highest BCUT2D eigenvalue weighted by Crippen LogP contribution is 2.20. The average molecular weight is 537 g/mol. The molecule has 38 heavy (non-hydrogen) atoms. The highest BCUT2D eigenvalue weighted by atomic mass is 16.6. The summed E-state index contributed by atoms with van der Waals surface area (Å²) in [5.41, 5.74) is 0.843. The van der Waals surface area contributed by atoms with Crippen molar-refractivity contribution in [3.05, 3.63) is 35.9 Å². The van der Waals surface area contributed by atoms with Gasteiger partial charge in [-0.15, -0.1) is 0 Å². The van der Waals surface area contributed by atoms with Gasteiger partial charge in [-0.05, 0) is 18.5 Å². The van der Waals surface area contributed by atoms with Gasteiger partial charge in [0.1, 0.15) is 37.2 Å². The van der Waals surface area contributed by atoms with Gasteiger partial charge in [0.2, 0.25) is 0 Å². The summed E-state index contributed by atoms with van der Waals surface area (Å²) in [7, 11) is 0. The Morgan fingerprint density at radius 2 is 1.39 bits per heavy atom. The molecule has 5 atom stereocenters. The summed E-state index contributed by atoms with van der Waals surface area (Å²) in [6.07, 6.45) is 13.0. The summed E-state index contributed by atoms with van der Waals surface area (Å²) < 4.78 is 11.0. The zero-order valence-corrected chi connectivity index (χ0v) is 23.4. The minimum Gasteiger partial charge on any atom is -0.445 e. The monoisotopic (exact) mass is 536 g/mol. The van der Waals surface area contributed by atoms with Crippen LogP contribution in [0.15, 0.2) is 30.3 Å². The van der Waals surface area contributed by atoms with Gasteiger partial charge >= 0.3 is 6.09 Å². The molecule has 8 nitrogen and oxygen atoms in total. The van der Waals surface area contributed by atoms with Gasteiger partial charge in [0, 0.05) is 0 Å². The summed E-state index contributed by atoms with van der Waals surface area (Å²) in [6, 6.07) is 8.38. The van der Waals surface area contributed by atoms with E-state index in [4.69, 9.17) is 9.47 Å². The minimum atomic E-state index is -1.32. The molecule has 1 amide bonds. The van der Waals surface area contributed by atoms with Gasteiger partial charge in [0.25, 0.3) is 0 Å². The van der Waals surface area contributed by atoms with E-state index >= 15 is 0 Å². The second-order valence-corrected chi connectivity index (χ2v) is 10.5. The van der Waals surface area contributed by atoms with Crippen molar-refractivity contribution < 1.29 is 29.6 Å². The first-order valence-corrected chi connectivity index (χ1v) is 14.9. The van der Waals surface area contributed by atoms with E-state index in [1.54, 1.807) is 0 Å². The summed E-state index contributed by atoms with van der Waals surface area (Å²) >= 11 is 0. The van der Waals surface area contributed by atoms with E-state index in [9.17, 15) is 20.1 Å². The fourth-order valence-electron chi connectivity index (χ4n) is 4.92. The Morgan fingerprint density at radius 3 is 1.95 bits per heavy atom. The predicted molar refractivity (Wildman–Crippen MR) is 150 cm³/mol. The highest BCUT2D eigenvalue weighted by Gasteiger charge is 2.45. The first-order chi connectivity index (χ1) is 18.6. The number of hydrogen-bond acceptors (Lipinski definition) is 7. The van der Waals surface area contributed by atoms with Crippen LogP contribution in [0.5, 0.6) is 0 Å². The number of hydrogen-bond donors (Lipinski definition) is 5. The predicted octanol–water partition coefficient (Wildman–Crippen LogP) is 4.79. The van der Waals surface area contributed by atoms with Crippen molar-refractivity contribution in [2.75, 3.05) is 13.2 Å². The van der Waals surface area contributed by atoms with Crippen LogP contribution in [0.1, 0.15) is 102 Å². The average Bonchev–Trinajstić information content (AvgIpc) is 2.93. The minimum absolute atomic E-state index is 0.0926. The molecule has 0 aliphatic carbocycles. The van der Waals surface area contributed by atoms with Crippen molar-refractivity contribution in [3.63, 3.8) is 0 Å². The van der Waals surface area contributed by atoms with Gasteiger partial charge in [0.15, 0.2) is 0 Å². The molecule has 1 heterocycles. The van der Waals surface area contributed by atoms with Crippen molar-refractivity contribution >= 4 is 6.09 Å².